The fourth-order valence-electron chi connectivity index (χ4n) is 1.54. The summed E-state index contributed by atoms with van der Waals surface area (Å²) in [5.41, 5.74) is 1.37. The molecule has 0 amide bonds. The average Bonchev–Trinajstić information content (AvgIpc) is 2.18. The molecule has 0 fully saturated rings. The lowest BCUT2D eigenvalue weighted by molar-refractivity contribution is 0.0957. The van der Waals surface area contributed by atoms with Gasteiger partial charge in [-0.3, -0.25) is 5.41 Å². The normalized spacial score (nSPS) is 24.9. The first kappa shape index (κ1) is 9.06. The van der Waals surface area contributed by atoms with E-state index in [1.807, 2.05) is 38.1 Å². The fraction of sp³-hybridized carbons (Fsp3) is 0.364. The van der Waals surface area contributed by atoms with Crippen molar-refractivity contribution in [3.63, 3.8) is 0 Å². The smallest absolute Gasteiger partial charge is 0.217 e. The highest BCUT2D eigenvalue weighted by atomic mass is 16.5. The summed E-state index contributed by atoms with van der Waals surface area (Å²) >= 11 is 0. The quantitative estimate of drug-likeness (QED) is 0.714. The van der Waals surface area contributed by atoms with Crippen molar-refractivity contribution in [2.45, 2.75) is 26.0 Å². The van der Waals surface area contributed by atoms with Crippen LogP contribution in [-0.2, 0) is 4.74 Å². The molecule has 3 heteroatoms. The van der Waals surface area contributed by atoms with Crippen molar-refractivity contribution in [1.29, 1.82) is 5.41 Å². The van der Waals surface area contributed by atoms with Crippen molar-refractivity contribution in [2.75, 3.05) is 5.32 Å². The molecule has 0 saturated heterocycles. The molecular formula is C11H14N2O. The van der Waals surface area contributed by atoms with Crippen LogP contribution >= 0.6 is 0 Å². The van der Waals surface area contributed by atoms with Crippen LogP contribution in [0.3, 0.4) is 0 Å². The Balaban J connectivity index is 2.43. The van der Waals surface area contributed by atoms with E-state index >= 15 is 0 Å². The second kappa shape index (κ2) is 3.01. The third-order valence-electron chi connectivity index (χ3n) is 2.57. The van der Waals surface area contributed by atoms with Crippen molar-refractivity contribution >= 4 is 11.6 Å². The summed E-state index contributed by atoms with van der Waals surface area (Å²) in [7, 11) is 0. The van der Waals surface area contributed by atoms with Gasteiger partial charge in [0.15, 0.2) is 5.72 Å². The maximum Gasteiger partial charge on any atom is 0.217 e. The molecule has 2 rings (SSSR count). The molecule has 1 atom stereocenters. The van der Waals surface area contributed by atoms with Crippen molar-refractivity contribution in [2.24, 2.45) is 0 Å². The van der Waals surface area contributed by atoms with Gasteiger partial charge in [-0.15, -0.1) is 0 Å². The van der Waals surface area contributed by atoms with Crippen molar-refractivity contribution in [1.82, 2.24) is 0 Å². The first-order valence-electron chi connectivity index (χ1n) is 4.80. The van der Waals surface area contributed by atoms with E-state index in [1.54, 1.807) is 0 Å². The number of benzene rings is 1. The second-order valence-electron chi connectivity index (χ2n) is 3.69. The third kappa shape index (κ3) is 1.35. The minimum absolute atomic E-state index is 0.253. The van der Waals surface area contributed by atoms with E-state index in [1.165, 1.54) is 0 Å². The Kier molecular flexibility index (Phi) is 1.95. The Morgan fingerprint density at radius 1 is 1.43 bits per heavy atom. The molecular weight excluding hydrogens is 176 g/mol. The standard InChI is InChI=1S/C11H14N2O/c1-3-11(2)13-9-7-5-4-6-8(9)10(12)14-11/h4-7,12-13H,3H2,1-2H3. The van der Waals surface area contributed by atoms with Crippen LogP contribution in [0.1, 0.15) is 25.8 Å². The molecule has 14 heavy (non-hydrogen) atoms. The zero-order valence-electron chi connectivity index (χ0n) is 8.42. The average molecular weight is 190 g/mol. The van der Waals surface area contributed by atoms with Crippen LogP contribution in [0.25, 0.3) is 0 Å². The molecule has 0 saturated carbocycles. The molecule has 1 unspecified atom stereocenters. The van der Waals surface area contributed by atoms with Crippen LogP contribution in [-0.4, -0.2) is 11.6 Å². The van der Waals surface area contributed by atoms with E-state index in [0.29, 0.717) is 0 Å². The Labute approximate surface area is 83.6 Å². The minimum Gasteiger partial charge on any atom is -0.451 e. The Morgan fingerprint density at radius 3 is 2.86 bits per heavy atom. The van der Waals surface area contributed by atoms with E-state index in [9.17, 15) is 0 Å². The molecule has 1 aliphatic rings. The molecule has 0 aromatic heterocycles. The lowest BCUT2D eigenvalue weighted by Crippen LogP contribution is -2.43. The number of anilines is 1. The first-order valence-corrected chi connectivity index (χ1v) is 4.80. The van der Waals surface area contributed by atoms with Gasteiger partial charge in [-0.05, 0) is 19.1 Å². The van der Waals surface area contributed by atoms with E-state index in [2.05, 4.69) is 5.32 Å². The summed E-state index contributed by atoms with van der Waals surface area (Å²) in [6.07, 6.45) is 0.823. The monoisotopic (exact) mass is 190 g/mol. The molecule has 0 spiro atoms. The SMILES string of the molecule is CCC1(C)Nc2ccccc2C(=N)O1. The Hall–Kier alpha value is -1.51. The highest BCUT2D eigenvalue weighted by Crippen LogP contribution is 2.29. The van der Waals surface area contributed by atoms with E-state index < -0.39 is 5.72 Å². The molecule has 74 valence electrons. The molecule has 1 aromatic rings. The van der Waals surface area contributed by atoms with Gasteiger partial charge in [0.05, 0.1) is 5.56 Å². The van der Waals surface area contributed by atoms with E-state index in [4.69, 9.17) is 10.1 Å². The summed E-state index contributed by atoms with van der Waals surface area (Å²) in [4.78, 5) is 0. The number of fused-ring (bicyclic) bond motifs is 1. The minimum atomic E-state index is -0.439. The largest absolute Gasteiger partial charge is 0.451 e. The summed E-state index contributed by atoms with van der Waals surface area (Å²) in [6.45, 7) is 3.99. The number of nitrogens with one attached hydrogen (secondary N) is 2. The van der Waals surface area contributed by atoms with Gasteiger partial charge in [0.1, 0.15) is 0 Å². The van der Waals surface area contributed by atoms with Crippen molar-refractivity contribution in [3.05, 3.63) is 29.8 Å². The van der Waals surface area contributed by atoms with Gasteiger partial charge in [-0.2, -0.15) is 0 Å². The zero-order chi connectivity index (χ0) is 10.2. The molecule has 2 N–H and O–H groups in total. The van der Waals surface area contributed by atoms with Crippen LogP contribution in [0.2, 0.25) is 0 Å². The maximum absolute atomic E-state index is 7.77. The number of hydrogen-bond donors (Lipinski definition) is 2. The Bertz CT molecular complexity index is 375. The molecule has 0 aliphatic carbocycles. The van der Waals surface area contributed by atoms with Crippen molar-refractivity contribution < 1.29 is 4.74 Å². The Morgan fingerprint density at radius 2 is 2.14 bits per heavy atom. The highest BCUT2D eigenvalue weighted by molar-refractivity contribution is 5.99. The number of hydrogen-bond acceptors (Lipinski definition) is 3. The van der Waals surface area contributed by atoms with Crippen LogP contribution in [0, 0.1) is 5.41 Å². The van der Waals surface area contributed by atoms with Crippen LogP contribution < -0.4 is 5.32 Å². The van der Waals surface area contributed by atoms with Crippen LogP contribution in [0.15, 0.2) is 24.3 Å². The zero-order valence-corrected chi connectivity index (χ0v) is 8.42. The second-order valence-corrected chi connectivity index (χ2v) is 3.69. The predicted octanol–water partition coefficient (Wildman–Crippen LogP) is 2.58. The van der Waals surface area contributed by atoms with Gasteiger partial charge in [0.2, 0.25) is 5.90 Å². The number of para-hydroxylation sites is 1. The van der Waals surface area contributed by atoms with Crippen LogP contribution in [0.4, 0.5) is 5.69 Å². The van der Waals surface area contributed by atoms with Crippen LogP contribution in [0.5, 0.6) is 0 Å². The van der Waals surface area contributed by atoms with Gasteiger partial charge in [0, 0.05) is 12.1 Å². The molecule has 1 aromatic carbocycles. The maximum atomic E-state index is 7.77. The third-order valence-corrected chi connectivity index (χ3v) is 2.57. The summed E-state index contributed by atoms with van der Waals surface area (Å²) in [5.74, 6) is 0.253. The summed E-state index contributed by atoms with van der Waals surface area (Å²) < 4.78 is 5.52. The first-order chi connectivity index (χ1) is 6.64. The lowest BCUT2D eigenvalue weighted by atomic mass is 10.1. The summed E-state index contributed by atoms with van der Waals surface area (Å²) in [6, 6.07) is 7.73. The number of rotatable bonds is 1. The topological polar surface area (TPSA) is 45.1 Å². The van der Waals surface area contributed by atoms with Gasteiger partial charge in [-0.25, -0.2) is 0 Å². The van der Waals surface area contributed by atoms with Gasteiger partial charge in [0.25, 0.3) is 0 Å². The van der Waals surface area contributed by atoms with Gasteiger partial charge in [-0.1, -0.05) is 19.1 Å². The molecule has 1 aliphatic heterocycles. The molecule has 3 nitrogen and oxygen atoms in total. The molecule has 0 radical (unpaired) electrons. The van der Waals surface area contributed by atoms with Gasteiger partial charge < -0.3 is 10.1 Å². The van der Waals surface area contributed by atoms with Crippen molar-refractivity contribution in [3.8, 4) is 0 Å². The predicted molar refractivity (Wildman–Crippen MR) is 56.7 cm³/mol. The van der Waals surface area contributed by atoms with Gasteiger partial charge >= 0.3 is 0 Å². The fourth-order valence-corrected chi connectivity index (χ4v) is 1.54. The van der Waals surface area contributed by atoms with E-state index in [-0.39, 0.29) is 5.90 Å². The summed E-state index contributed by atoms with van der Waals surface area (Å²) in [5, 5.41) is 11.1. The number of ether oxygens (including phenoxy) is 1. The molecule has 0 bridgehead atoms. The van der Waals surface area contributed by atoms with E-state index in [0.717, 1.165) is 17.7 Å². The highest BCUT2D eigenvalue weighted by Gasteiger charge is 2.31. The lowest BCUT2D eigenvalue weighted by Gasteiger charge is -2.36. The molecule has 1 heterocycles.